The van der Waals surface area contributed by atoms with E-state index in [1.807, 2.05) is 45.0 Å². The van der Waals surface area contributed by atoms with Gasteiger partial charge in [0.05, 0.1) is 13.2 Å². The summed E-state index contributed by atoms with van der Waals surface area (Å²) in [5.41, 5.74) is 0.676. The van der Waals surface area contributed by atoms with Crippen LogP contribution in [0.3, 0.4) is 0 Å². The van der Waals surface area contributed by atoms with Gasteiger partial charge in [0, 0.05) is 0 Å². The first-order valence-electron chi connectivity index (χ1n) is 5.04. The molecule has 0 amide bonds. The molecule has 0 aliphatic carbocycles. The molecule has 0 saturated carbocycles. The number of hydrogen-bond acceptors (Lipinski definition) is 1. The van der Waals surface area contributed by atoms with Gasteiger partial charge in [0.15, 0.2) is 5.67 Å². The van der Waals surface area contributed by atoms with Gasteiger partial charge in [-0.1, -0.05) is 43.7 Å². The second-order valence-corrected chi connectivity index (χ2v) is 3.32. The Kier molecular flexibility index (Phi) is 3.64. The van der Waals surface area contributed by atoms with E-state index in [9.17, 15) is 4.39 Å². The van der Waals surface area contributed by atoms with E-state index in [4.69, 9.17) is 4.74 Å². The van der Waals surface area contributed by atoms with Crippen LogP contribution in [0.2, 0.25) is 0 Å². The molecule has 1 aromatic rings. The Bertz CT molecular complexity index is 275. The van der Waals surface area contributed by atoms with E-state index in [1.165, 1.54) is 0 Å². The first-order chi connectivity index (χ1) is 6.71. The van der Waals surface area contributed by atoms with Gasteiger partial charge in [0.1, 0.15) is 0 Å². The lowest BCUT2D eigenvalue weighted by atomic mass is 9.93. The Balaban J connectivity index is 0.000000461. The molecule has 1 aliphatic rings. The minimum Gasteiger partial charge on any atom is -0.374 e. The molecule has 0 radical (unpaired) electrons. The fourth-order valence-electron chi connectivity index (χ4n) is 1.30. The highest BCUT2D eigenvalue weighted by Gasteiger charge is 2.40. The normalized spacial score (nSPS) is 17.7. The summed E-state index contributed by atoms with van der Waals surface area (Å²) in [7, 11) is 0. The van der Waals surface area contributed by atoms with Crippen molar-refractivity contribution in [3.63, 3.8) is 0 Å². The molecule has 0 bridgehead atoms. The van der Waals surface area contributed by atoms with Gasteiger partial charge in [-0.15, -0.1) is 0 Å². The van der Waals surface area contributed by atoms with Crippen LogP contribution in [-0.2, 0) is 10.4 Å². The summed E-state index contributed by atoms with van der Waals surface area (Å²) in [5, 5.41) is 0. The van der Waals surface area contributed by atoms with E-state index < -0.39 is 5.67 Å². The van der Waals surface area contributed by atoms with E-state index in [0.29, 0.717) is 0 Å². The second-order valence-electron chi connectivity index (χ2n) is 3.32. The van der Waals surface area contributed by atoms with Crippen LogP contribution >= 0.6 is 0 Å². The van der Waals surface area contributed by atoms with Crippen LogP contribution in [0.15, 0.2) is 24.3 Å². The average Bonchev–Trinajstić information content (AvgIpc) is 2.19. The third kappa shape index (κ3) is 2.13. The first kappa shape index (κ1) is 11.2. The zero-order valence-corrected chi connectivity index (χ0v) is 9.01. The second kappa shape index (κ2) is 4.56. The Labute approximate surface area is 84.9 Å². The Morgan fingerprint density at radius 3 is 2.00 bits per heavy atom. The van der Waals surface area contributed by atoms with Gasteiger partial charge in [-0.3, -0.25) is 0 Å². The summed E-state index contributed by atoms with van der Waals surface area (Å²) in [5.74, 6) is 0. The number of ether oxygens (including phenoxy) is 1. The van der Waals surface area contributed by atoms with Gasteiger partial charge in [-0.25, -0.2) is 4.39 Å². The molecule has 1 heterocycles. The van der Waals surface area contributed by atoms with Crippen LogP contribution in [0.25, 0.3) is 0 Å². The zero-order chi connectivity index (χ0) is 10.6. The number of benzene rings is 1. The molecule has 2 rings (SSSR count). The van der Waals surface area contributed by atoms with Crippen molar-refractivity contribution in [2.24, 2.45) is 0 Å². The molecule has 0 spiro atoms. The maximum atomic E-state index is 13.6. The molecule has 2 heteroatoms. The summed E-state index contributed by atoms with van der Waals surface area (Å²) in [4.78, 5) is 0. The lowest BCUT2D eigenvalue weighted by Gasteiger charge is -2.34. The Morgan fingerprint density at radius 2 is 1.64 bits per heavy atom. The summed E-state index contributed by atoms with van der Waals surface area (Å²) in [6, 6.07) is 7.51. The summed E-state index contributed by atoms with van der Waals surface area (Å²) in [6.07, 6.45) is 0. The summed E-state index contributed by atoms with van der Waals surface area (Å²) >= 11 is 0. The van der Waals surface area contributed by atoms with Crippen LogP contribution in [0, 0.1) is 6.92 Å². The molecule has 1 aromatic carbocycles. The van der Waals surface area contributed by atoms with Crippen molar-refractivity contribution in [2.45, 2.75) is 26.4 Å². The largest absolute Gasteiger partial charge is 0.374 e. The van der Waals surface area contributed by atoms with E-state index in [-0.39, 0.29) is 13.2 Å². The molecular formula is C12H17FO. The maximum absolute atomic E-state index is 13.6. The van der Waals surface area contributed by atoms with E-state index >= 15 is 0 Å². The van der Waals surface area contributed by atoms with Crippen LogP contribution < -0.4 is 0 Å². The standard InChI is InChI=1S/C10H11FO.C2H6/c1-8-2-4-9(5-3-8)10(11)6-12-7-10;1-2/h2-5H,6-7H2,1H3;1-2H3. The highest BCUT2D eigenvalue weighted by Crippen LogP contribution is 2.33. The van der Waals surface area contributed by atoms with Crippen molar-refractivity contribution < 1.29 is 9.13 Å². The van der Waals surface area contributed by atoms with E-state index in [0.717, 1.165) is 11.1 Å². The molecule has 1 nitrogen and oxygen atoms in total. The SMILES string of the molecule is CC.Cc1ccc(C2(F)COC2)cc1. The molecule has 1 aliphatic heterocycles. The van der Waals surface area contributed by atoms with Crippen LogP contribution in [0.1, 0.15) is 25.0 Å². The van der Waals surface area contributed by atoms with Crippen molar-refractivity contribution in [3.05, 3.63) is 35.4 Å². The van der Waals surface area contributed by atoms with E-state index in [1.54, 1.807) is 0 Å². The van der Waals surface area contributed by atoms with Crippen LogP contribution in [0.5, 0.6) is 0 Å². The smallest absolute Gasteiger partial charge is 0.182 e. The highest BCUT2D eigenvalue weighted by molar-refractivity contribution is 5.28. The van der Waals surface area contributed by atoms with Crippen molar-refractivity contribution in [1.29, 1.82) is 0 Å². The monoisotopic (exact) mass is 196 g/mol. The Hall–Kier alpha value is -0.890. The third-order valence-corrected chi connectivity index (χ3v) is 2.23. The fourth-order valence-corrected chi connectivity index (χ4v) is 1.30. The molecule has 78 valence electrons. The molecule has 0 atom stereocenters. The first-order valence-corrected chi connectivity index (χ1v) is 5.04. The van der Waals surface area contributed by atoms with Crippen LogP contribution in [-0.4, -0.2) is 13.2 Å². The fraction of sp³-hybridized carbons (Fsp3) is 0.500. The predicted molar refractivity (Wildman–Crippen MR) is 56.1 cm³/mol. The molecule has 0 aromatic heterocycles. The lowest BCUT2D eigenvalue weighted by Crippen LogP contribution is -2.42. The van der Waals surface area contributed by atoms with Crippen molar-refractivity contribution >= 4 is 0 Å². The molecule has 1 saturated heterocycles. The number of aryl methyl sites for hydroxylation is 1. The number of alkyl halides is 1. The number of rotatable bonds is 1. The Morgan fingerprint density at radius 1 is 1.14 bits per heavy atom. The highest BCUT2D eigenvalue weighted by atomic mass is 19.1. The van der Waals surface area contributed by atoms with Gasteiger partial charge in [0.25, 0.3) is 0 Å². The summed E-state index contributed by atoms with van der Waals surface area (Å²) < 4.78 is 18.5. The molecular weight excluding hydrogens is 179 g/mol. The summed E-state index contributed by atoms with van der Waals surface area (Å²) in [6.45, 7) is 6.40. The number of hydrogen-bond donors (Lipinski definition) is 0. The third-order valence-electron chi connectivity index (χ3n) is 2.23. The van der Waals surface area contributed by atoms with Crippen molar-refractivity contribution in [2.75, 3.05) is 13.2 Å². The van der Waals surface area contributed by atoms with Crippen LogP contribution in [0.4, 0.5) is 4.39 Å². The molecule has 0 unspecified atom stereocenters. The van der Waals surface area contributed by atoms with Gasteiger partial charge in [-0.2, -0.15) is 0 Å². The quantitative estimate of drug-likeness (QED) is 0.670. The van der Waals surface area contributed by atoms with Gasteiger partial charge < -0.3 is 4.74 Å². The van der Waals surface area contributed by atoms with Gasteiger partial charge in [-0.05, 0) is 12.5 Å². The van der Waals surface area contributed by atoms with Gasteiger partial charge >= 0.3 is 0 Å². The molecule has 1 fully saturated rings. The predicted octanol–water partition coefficient (Wildman–Crippen LogP) is 3.22. The minimum absolute atomic E-state index is 0.204. The topological polar surface area (TPSA) is 9.23 Å². The lowest BCUT2D eigenvalue weighted by molar-refractivity contribution is -0.135. The van der Waals surface area contributed by atoms with Crippen molar-refractivity contribution in [1.82, 2.24) is 0 Å². The zero-order valence-electron chi connectivity index (χ0n) is 9.01. The molecule has 0 N–H and O–H groups in total. The van der Waals surface area contributed by atoms with Gasteiger partial charge in [0.2, 0.25) is 0 Å². The number of halogens is 1. The van der Waals surface area contributed by atoms with E-state index in [2.05, 4.69) is 0 Å². The van der Waals surface area contributed by atoms with Crippen molar-refractivity contribution in [3.8, 4) is 0 Å². The minimum atomic E-state index is -1.21. The average molecular weight is 196 g/mol. The maximum Gasteiger partial charge on any atom is 0.182 e. The molecule has 14 heavy (non-hydrogen) atoms.